The lowest BCUT2D eigenvalue weighted by Crippen LogP contribution is -2.35. The van der Waals surface area contributed by atoms with Crippen LogP contribution in [0.2, 0.25) is 0 Å². The number of nitrogens with zero attached hydrogens (tertiary/aromatic N) is 3. The molecule has 2 aromatic rings. The number of hydrogen-bond acceptors (Lipinski definition) is 6. The van der Waals surface area contributed by atoms with Crippen molar-refractivity contribution in [2.75, 3.05) is 18.1 Å². The highest BCUT2D eigenvalue weighted by Gasteiger charge is 2.28. The first kappa shape index (κ1) is 20.7. The van der Waals surface area contributed by atoms with Gasteiger partial charge >= 0.3 is 5.97 Å². The van der Waals surface area contributed by atoms with Gasteiger partial charge in [0.15, 0.2) is 6.61 Å². The van der Waals surface area contributed by atoms with E-state index in [1.54, 1.807) is 42.5 Å². The predicted octanol–water partition coefficient (Wildman–Crippen LogP) is 2.05. The Morgan fingerprint density at radius 2 is 1.63 bits per heavy atom. The van der Waals surface area contributed by atoms with Gasteiger partial charge in [0.2, 0.25) is 11.8 Å². The third-order valence-corrected chi connectivity index (χ3v) is 4.61. The van der Waals surface area contributed by atoms with Gasteiger partial charge in [0.1, 0.15) is 6.54 Å². The summed E-state index contributed by atoms with van der Waals surface area (Å²) in [6.07, 6.45) is 0.451. The first-order chi connectivity index (χ1) is 14.5. The molecule has 0 N–H and O–H groups in total. The van der Waals surface area contributed by atoms with Gasteiger partial charge in [0.05, 0.1) is 18.2 Å². The summed E-state index contributed by atoms with van der Waals surface area (Å²) in [4.78, 5) is 50.5. The highest BCUT2D eigenvalue weighted by molar-refractivity contribution is 6.02. The number of para-hydroxylation sites is 1. The van der Waals surface area contributed by atoms with E-state index in [2.05, 4.69) is 0 Å². The van der Waals surface area contributed by atoms with Crippen LogP contribution < -0.4 is 4.90 Å². The van der Waals surface area contributed by atoms with Gasteiger partial charge in [0.25, 0.3) is 5.91 Å². The summed E-state index contributed by atoms with van der Waals surface area (Å²) in [6, 6.07) is 16.8. The number of amides is 3. The van der Waals surface area contributed by atoms with E-state index >= 15 is 0 Å². The number of imide groups is 1. The summed E-state index contributed by atoms with van der Waals surface area (Å²) in [7, 11) is 0. The van der Waals surface area contributed by atoms with Crippen LogP contribution in [0.15, 0.2) is 54.6 Å². The molecule has 8 nitrogen and oxygen atoms in total. The molecular weight excluding hydrogens is 386 g/mol. The number of hydrogen-bond donors (Lipinski definition) is 0. The summed E-state index contributed by atoms with van der Waals surface area (Å²) in [5.41, 5.74) is 1.48. The summed E-state index contributed by atoms with van der Waals surface area (Å²) in [5, 5.41) is 8.97. The number of carbonyl (C=O) groups excluding carboxylic acids is 4. The van der Waals surface area contributed by atoms with E-state index in [-0.39, 0.29) is 43.3 Å². The van der Waals surface area contributed by atoms with E-state index in [4.69, 9.17) is 10.00 Å². The maximum Gasteiger partial charge on any atom is 0.338 e. The first-order valence-corrected chi connectivity index (χ1v) is 9.31. The molecule has 30 heavy (non-hydrogen) atoms. The molecule has 1 aliphatic heterocycles. The predicted molar refractivity (Wildman–Crippen MR) is 106 cm³/mol. The monoisotopic (exact) mass is 405 g/mol. The number of nitriles is 1. The minimum Gasteiger partial charge on any atom is -0.452 e. The fourth-order valence-electron chi connectivity index (χ4n) is 3.02. The molecule has 1 fully saturated rings. The third kappa shape index (κ3) is 4.89. The Labute approximate surface area is 173 Å². The van der Waals surface area contributed by atoms with Crippen molar-refractivity contribution in [3.8, 4) is 6.07 Å². The van der Waals surface area contributed by atoms with Crippen molar-refractivity contribution in [2.24, 2.45) is 0 Å². The van der Waals surface area contributed by atoms with Gasteiger partial charge in [-0.15, -0.1) is 0 Å². The largest absolute Gasteiger partial charge is 0.452 e. The average Bonchev–Trinajstić information content (AvgIpc) is 3.08. The van der Waals surface area contributed by atoms with Crippen molar-refractivity contribution in [1.29, 1.82) is 5.26 Å². The smallest absolute Gasteiger partial charge is 0.338 e. The Hall–Kier alpha value is -3.99. The minimum atomic E-state index is -0.687. The van der Waals surface area contributed by atoms with Gasteiger partial charge in [-0.3, -0.25) is 24.2 Å². The summed E-state index contributed by atoms with van der Waals surface area (Å²) < 4.78 is 5.09. The normalized spacial score (nSPS) is 13.1. The first-order valence-electron chi connectivity index (χ1n) is 9.31. The molecule has 0 radical (unpaired) electrons. The lowest BCUT2D eigenvalue weighted by atomic mass is 10.1. The average molecular weight is 405 g/mol. The summed E-state index contributed by atoms with van der Waals surface area (Å²) in [6.45, 7) is -0.511. The molecule has 1 heterocycles. The van der Waals surface area contributed by atoms with E-state index in [1.165, 1.54) is 21.9 Å². The Bertz CT molecular complexity index is 980. The number of rotatable bonds is 7. The number of carbonyl (C=O) groups is 4. The highest BCUT2D eigenvalue weighted by atomic mass is 16.5. The van der Waals surface area contributed by atoms with Crippen LogP contribution in [0, 0.1) is 11.3 Å². The number of esters is 1. The van der Waals surface area contributed by atoms with Gasteiger partial charge < -0.3 is 4.74 Å². The maximum atomic E-state index is 12.4. The fourth-order valence-corrected chi connectivity index (χ4v) is 3.02. The van der Waals surface area contributed by atoms with Crippen LogP contribution in [-0.2, 0) is 25.7 Å². The molecule has 0 bridgehead atoms. The molecule has 0 aromatic heterocycles. The number of ether oxygens (including phenoxy) is 1. The highest BCUT2D eigenvalue weighted by Crippen LogP contribution is 2.17. The molecule has 0 spiro atoms. The fraction of sp³-hybridized carbons (Fsp3) is 0.227. The standard InChI is InChI=1S/C22H19N3O5/c23-12-13-24(18-4-2-1-3-5-18)21(28)15-30-22(29)17-8-6-16(7-9-17)14-25-19(26)10-11-20(25)27/h1-9H,10-11,13-15H2. The Kier molecular flexibility index (Phi) is 6.55. The molecule has 0 unspecified atom stereocenters. The Morgan fingerprint density at radius 1 is 1.00 bits per heavy atom. The van der Waals surface area contributed by atoms with E-state index in [9.17, 15) is 19.2 Å². The zero-order chi connectivity index (χ0) is 21.5. The molecule has 152 valence electrons. The zero-order valence-corrected chi connectivity index (χ0v) is 16.1. The molecule has 0 atom stereocenters. The molecule has 0 saturated carbocycles. The zero-order valence-electron chi connectivity index (χ0n) is 16.1. The number of likely N-dealkylation sites (tertiary alicyclic amines) is 1. The van der Waals surface area contributed by atoms with Crippen LogP contribution in [0.3, 0.4) is 0 Å². The van der Waals surface area contributed by atoms with Gasteiger partial charge in [-0.1, -0.05) is 30.3 Å². The number of anilines is 1. The van der Waals surface area contributed by atoms with Gasteiger partial charge in [0, 0.05) is 18.5 Å². The van der Waals surface area contributed by atoms with E-state index in [0.717, 1.165) is 0 Å². The molecule has 8 heteroatoms. The minimum absolute atomic E-state index is 0.158. The lowest BCUT2D eigenvalue weighted by molar-refractivity contribution is -0.139. The van der Waals surface area contributed by atoms with Crippen LogP contribution in [0.5, 0.6) is 0 Å². The maximum absolute atomic E-state index is 12.4. The van der Waals surface area contributed by atoms with Gasteiger partial charge in [-0.25, -0.2) is 4.79 Å². The van der Waals surface area contributed by atoms with Crippen molar-refractivity contribution >= 4 is 29.4 Å². The second kappa shape index (κ2) is 9.47. The van der Waals surface area contributed by atoms with Crippen LogP contribution in [0.4, 0.5) is 5.69 Å². The van der Waals surface area contributed by atoms with Crippen LogP contribution in [-0.4, -0.2) is 41.7 Å². The SMILES string of the molecule is N#CCN(C(=O)COC(=O)c1ccc(CN2C(=O)CCC2=O)cc1)c1ccccc1. The lowest BCUT2D eigenvalue weighted by Gasteiger charge is -2.19. The molecule has 3 amide bonds. The van der Waals surface area contributed by atoms with Crippen molar-refractivity contribution in [1.82, 2.24) is 4.90 Å². The van der Waals surface area contributed by atoms with Crippen molar-refractivity contribution in [3.63, 3.8) is 0 Å². The van der Waals surface area contributed by atoms with Crippen LogP contribution in [0.1, 0.15) is 28.8 Å². The topological polar surface area (TPSA) is 108 Å². The third-order valence-electron chi connectivity index (χ3n) is 4.61. The molecule has 3 rings (SSSR count). The molecule has 1 saturated heterocycles. The summed E-state index contributed by atoms with van der Waals surface area (Å²) >= 11 is 0. The quantitative estimate of drug-likeness (QED) is 0.396. The van der Waals surface area contributed by atoms with E-state index in [0.29, 0.717) is 11.3 Å². The van der Waals surface area contributed by atoms with E-state index in [1.807, 2.05) is 6.07 Å². The molecule has 2 aromatic carbocycles. The van der Waals surface area contributed by atoms with E-state index < -0.39 is 18.5 Å². The van der Waals surface area contributed by atoms with Crippen molar-refractivity contribution < 1.29 is 23.9 Å². The van der Waals surface area contributed by atoms with Crippen LogP contribution in [0.25, 0.3) is 0 Å². The summed E-state index contributed by atoms with van der Waals surface area (Å²) in [5.74, 6) is -1.61. The van der Waals surface area contributed by atoms with Crippen LogP contribution >= 0.6 is 0 Å². The second-order valence-electron chi connectivity index (χ2n) is 6.62. The Balaban J connectivity index is 1.58. The van der Waals surface area contributed by atoms with Gasteiger partial charge in [-0.2, -0.15) is 5.26 Å². The van der Waals surface area contributed by atoms with Crippen molar-refractivity contribution in [2.45, 2.75) is 19.4 Å². The number of benzene rings is 2. The van der Waals surface area contributed by atoms with Crippen molar-refractivity contribution in [3.05, 3.63) is 65.7 Å². The Morgan fingerprint density at radius 3 is 2.23 bits per heavy atom. The van der Waals surface area contributed by atoms with Gasteiger partial charge in [-0.05, 0) is 29.8 Å². The second-order valence-corrected chi connectivity index (χ2v) is 6.62. The molecule has 0 aliphatic carbocycles. The molecule has 1 aliphatic rings. The molecular formula is C22H19N3O5.